The summed E-state index contributed by atoms with van der Waals surface area (Å²) in [5.41, 5.74) is 2.18. The van der Waals surface area contributed by atoms with Gasteiger partial charge in [-0.25, -0.2) is 4.98 Å². The first-order chi connectivity index (χ1) is 13.6. The summed E-state index contributed by atoms with van der Waals surface area (Å²) >= 11 is 0. The van der Waals surface area contributed by atoms with Crippen LogP contribution >= 0.6 is 0 Å². The van der Waals surface area contributed by atoms with Crippen LogP contribution in [0.4, 0.5) is 5.82 Å². The maximum Gasteiger partial charge on any atom is 0.224 e. The van der Waals surface area contributed by atoms with E-state index in [2.05, 4.69) is 15.2 Å². The fourth-order valence-electron chi connectivity index (χ4n) is 3.07. The number of ether oxygens (including phenoxy) is 2. The van der Waals surface area contributed by atoms with Crippen LogP contribution < -0.4 is 15.0 Å². The highest BCUT2D eigenvalue weighted by Crippen LogP contribution is 2.21. The van der Waals surface area contributed by atoms with Crippen molar-refractivity contribution in [2.45, 2.75) is 19.9 Å². The Balaban J connectivity index is 1.57. The van der Waals surface area contributed by atoms with Gasteiger partial charge < -0.3 is 19.7 Å². The number of carbonyl (C=O) groups is 2. The van der Waals surface area contributed by atoms with Crippen molar-refractivity contribution in [3.8, 4) is 5.75 Å². The second-order valence-corrected chi connectivity index (χ2v) is 6.66. The average Bonchev–Trinajstić information content (AvgIpc) is 2.73. The molecule has 1 fully saturated rings. The van der Waals surface area contributed by atoms with Gasteiger partial charge in [0, 0.05) is 37.0 Å². The smallest absolute Gasteiger partial charge is 0.224 e. The molecule has 7 nitrogen and oxygen atoms in total. The summed E-state index contributed by atoms with van der Waals surface area (Å²) in [5, 5.41) is 2.89. The lowest BCUT2D eigenvalue weighted by Crippen LogP contribution is -2.36. The molecule has 148 valence electrons. The third kappa shape index (κ3) is 5.07. The normalized spacial score (nSPS) is 13.9. The van der Waals surface area contributed by atoms with E-state index in [1.54, 1.807) is 31.5 Å². The maximum absolute atomic E-state index is 12.4. The number of methoxy groups -OCH3 is 1. The first-order valence-corrected chi connectivity index (χ1v) is 9.29. The highest BCUT2D eigenvalue weighted by atomic mass is 16.5. The molecule has 2 aromatic rings. The third-order valence-electron chi connectivity index (χ3n) is 4.67. The van der Waals surface area contributed by atoms with Gasteiger partial charge >= 0.3 is 0 Å². The van der Waals surface area contributed by atoms with E-state index in [0.29, 0.717) is 36.6 Å². The molecule has 0 saturated carbocycles. The lowest BCUT2D eigenvalue weighted by atomic mass is 10.0. The number of morpholine rings is 1. The van der Waals surface area contributed by atoms with Gasteiger partial charge in [0.05, 0.1) is 26.7 Å². The number of rotatable bonds is 7. The van der Waals surface area contributed by atoms with Crippen molar-refractivity contribution in [3.05, 3.63) is 53.2 Å². The van der Waals surface area contributed by atoms with Crippen LogP contribution in [-0.4, -0.2) is 50.1 Å². The standard InChI is InChI=1S/C21H25N3O4/c1-15(25)17-4-5-19(27-2)18(11-17)12-21(26)23-14-16-3-6-20(22-13-16)24-7-9-28-10-8-24/h3-6,11,13H,7-10,12,14H2,1-2H3,(H,23,26). The molecule has 0 radical (unpaired) electrons. The maximum atomic E-state index is 12.4. The molecule has 2 heterocycles. The minimum absolute atomic E-state index is 0.0456. The fourth-order valence-corrected chi connectivity index (χ4v) is 3.07. The number of anilines is 1. The molecule has 0 aliphatic carbocycles. The van der Waals surface area contributed by atoms with Gasteiger partial charge in [-0.1, -0.05) is 6.07 Å². The quantitative estimate of drug-likeness (QED) is 0.737. The van der Waals surface area contributed by atoms with E-state index in [4.69, 9.17) is 9.47 Å². The largest absolute Gasteiger partial charge is 0.496 e. The second kappa shape index (κ2) is 9.32. The van der Waals surface area contributed by atoms with E-state index < -0.39 is 0 Å². The first kappa shape index (κ1) is 19.8. The molecular formula is C21H25N3O4. The second-order valence-electron chi connectivity index (χ2n) is 6.66. The van der Waals surface area contributed by atoms with Crippen molar-refractivity contribution in [1.82, 2.24) is 10.3 Å². The van der Waals surface area contributed by atoms with Crippen LogP contribution in [0.3, 0.4) is 0 Å². The van der Waals surface area contributed by atoms with E-state index in [1.165, 1.54) is 6.92 Å². The molecule has 0 spiro atoms. The summed E-state index contributed by atoms with van der Waals surface area (Å²) in [6, 6.07) is 9.05. The van der Waals surface area contributed by atoms with Gasteiger partial charge in [0.25, 0.3) is 0 Å². The lowest BCUT2D eigenvalue weighted by molar-refractivity contribution is -0.120. The van der Waals surface area contributed by atoms with E-state index in [9.17, 15) is 9.59 Å². The highest BCUT2D eigenvalue weighted by Gasteiger charge is 2.13. The van der Waals surface area contributed by atoms with E-state index in [0.717, 1.165) is 24.5 Å². The van der Waals surface area contributed by atoms with Gasteiger partial charge in [-0.05, 0) is 36.8 Å². The summed E-state index contributed by atoms with van der Waals surface area (Å²) in [6.45, 7) is 5.00. The average molecular weight is 383 g/mol. The van der Waals surface area contributed by atoms with Crippen LogP contribution in [0.15, 0.2) is 36.5 Å². The lowest BCUT2D eigenvalue weighted by Gasteiger charge is -2.27. The van der Waals surface area contributed by atoms with Gasteiger partial charge in [-0.15, -0.1) is 0 Å². The van der Waals surface area contributed by atoms with Crippen LogP contribution in [0.2, 0.25) is 0 Å². The molecule has 7 heteroatoms. The number of hydrogen-bond donors (Lipinski definition) is 1. The number of nitrogens with zero attached hydrogens (tertiary/aromatic N) is 2. The molecule has 1 aromatic heterocycles. The van der Waals surface area contributed by atoms with Crippen molar-refractivity contribution < 1.29 is 19.1 Å². The van der Waals surface area contributed by atoms with E-state index >= 15 is 0 Å². The Morgan fingerprint density at radius 1 is 1.21 bits per heavy atom. The molecule has 3 rings (SSSR count). The molecule has 1 aromatic carbocycles. The van der Waals surface area contributed by atoms with Gasteiger partial charge in [0.15, 0.2) is 5.78 Å². The Bertz CT molecular complexity index is 830. The van der Waals surface area contributed by atoms with Gasteiger partial charge in [0.1, 0.15) is 11.6 Å². The number of nitrogens with one attached hydrogen (secondary N) is 1. The molecule has 1 aliphatic heterocycles. The summed E-state index contributed by atoms with van der Waals surface area (Å²) in [4.78, 5) is 30.6. The van der Waals surface area contributed by atoms with Crippen molar-refractivity contribution >= 4 is 17.5 Å². The molecule has 1 saturated heterocycles. The zero-order chi connectivity index (χ0) is 19.9. The molecule has 0 unspecified atom stereocenters. The van der Waals surface area contributed by atoms with Crippen LogP contribution in [0.5, 0.6) is 5.75 Å². The molecular weight excluding hydrogens is 358 g/mol. The number of hydrogen-bond acceptors (Lipinski definition) is 6. The molecule has 0 atom stereocenters. The number of amides is 1. The Morgan fingerprint density at radius 3 is 2.64 bits per heavy atom. The van der Waals surface area contributed by atoms with Crippen molar-refractivity contribution in [2.24, 2.45) is 0 Å². The number of Topliss-reactive ketones (excluding diaryl/α,β-unsaturated/α-hetero) is 1. The van der Waals surface area contributed by atoms with Crippen molar-refractivity contribution in [1.29, 1.82) is 0 Å². The Hall–Kier alpha value is -2.93. The Morgan fingerprint density at radius 2 is 2.00 bits per heavy atom. The van der Waals surface area contributed by atoms with Crippen molar-refractivity contribution in [3.63, 3.8) is 0 Å². The molecule has 28 heavy (non-hydrogen) atoms. The summed E-state index contributed by atoms with van der Waals surface area (Å²) in [5.74, 6) is 1.33. The summed E-state index contributed by atoms with van der Waals surface area (Å²) < 4.78 is 10.7. The zero-order valence-corrected chi connectivity index (χ0v) is 16.2. The summed E-state index contributed by atoms with van der Waals surface area (Å²) in [7, 11) is 1.55. The van der Waals surface area contributed by atoms with Gasteiger partial charge in [-0.3, -0.25) is 9.59 Å². The topological polar surface area (TPSA) is 80.8 Å². The third-order valence-corrected chi connectivity index (χ3v) is 4.67. The first-order valence-electron chi connectivity index (χ1n) is 9.29. The zero-order valence-electron chi connectivity index (χ0n) is 16.2. The molecule has 1 amide bonds. The van der Waals surface area contributed by atoms with Crippen molar-refractivity contribution in [2.75, 3.05) is 38.3 Å². The van der Waals surface area contributed by atoms with E-state index in [1.807, 2.05) is 12.1 Å². The van der Waals surface area contributed by atoms with Crippen LogP contribution in [0.1, 0.15) is 28.4 Å². The Kier molecular flexibility index (Phi) is 6.60. The molecule has 1 N–H and O–H groups in total. The monoisotopic (exact) mass is 383 g/mol. The number of benzene rings is 1. The fraction of sp³-hybridized carbons (Fsp3) is 0.381. The van der Waals surface area contributed by atoms with Gasteiger partial charge in [-0.2, -0.15) is 0 Å². The number of pyridine rings is 1. The van der Waals surface area contributed by atoms with Crippen LogP contribution in [0.25, 0.3) is 0 Å². The molecule has 1 aliphatic rings. The minimum atomic E-state index is -0.142. The van der Waals surface area contributed by atoms with Crippen LogP contribution in [0, 0.1) is 0 Å². The summed E-state index contributed by atoms with van der Waals surface area (Å²) in [6.07, 6.45) is 1.92. The SMILES string of the molecule is COc1ccc(C(C)=O)cc1CC(=O)NCc1ccc(N2CCOCC2)nc1. The number of aromatic nitrogens is 1. The highest BCUT2D eigenvalue weighted by molar-refractivity contribution is 5.94. The molecule has 0 bridgehead atoms. The number of carbonyl (C=O) groups excluding carboxylic acids is 2. The van der Waals surface area contributed by atoms with E-state index in [-0.39, 0.29) is 18.1 Å². The minimum Gasteiger partial charge on any atom is -0.496 e. The number of ketones is 1. The van der Waals surface area contributed by atoms with Crippen LogP contribution in [-0.2, 0) is 22.5 Å². The van der Waals surface area contributed by atoms with Gasteiger partial charge in [0.2, 0.25) is 5.91 Å². The predicted molar refractivity (Wildman–Crippen MR) is 106 cm³/mol. The predicted octanol–water partition coefficient (Wildman–Crippen LogP) is 1.99. The Labute approximate surface area is 164 Å².